The number of hydrogen-bond donors (Lipinski definition) is 1. The normalized spacial score (nSPS) is 11.3. The van der Waals surface area contributed by atoms with Gasteiger partial charge in [-0.15, -0.1) is 22.7 Å². The van der Waals surface area contributed by atoms with Gasteiger partial charge in [-0.3, -0.25) is 0 Å². The monoisotopic (exact) mass is 365 g/mol. The second-order valence-corrected chi connectivity index (χ2v) is 7.64. The molecule has 3 aromatic rings. The molecule has 124 valence electrons. The van der Waals surface area contributed by atoms with Crippen LogP contribution in [0.25, 0.3) is 21.0 Å². The van der Waals surface area contributed by atoms with Gasteiger partial charge < -0.3 is 10.0 Å². The Balaban J connectivity index is 1.89. The molecule has 6 heteroatoms. The number of allylic oxidation sites excluding steroid dienone is 1. The third-order valence-corrected chi connectivity index (χ3v) is 6.11. The summed E-state index contributed by atoms with van der Waals surface area (Å²) in [6.45, 7) is 0.740. The van der Waals surface area contributed by atoms with E-state index in [4.69, 9.17) is 10.4 Å². The fourth-order valence-electron chi connectivity index (χ4n) is 2.41. The molecule has 25 heavy (non-hydrogen) atoms. The summed E-state index contributed by atoms with van der Waals surface area (Å²) >= 11 is 3.32. The summed E-state index contributed by atoms with van der Waals surface area (Å²) < 4.78 is 2.35. The highest BCUT2D eigenvalue weighted by Gasteiger charge is 2.10. The van der Waals surface area contributed by atoms with Crippen LogP contribution < -0.4 is 4.90 Å². The Kier molecular flexibility index (Phi) is 5.16. The number of anilines is 1. The Labute approximate surface area is 154 Å². The van der Waals surface area contributed by atoms with Crippen molar-refractivity contribution in [2.75, 3.05) is 25.1 Å². The first-order valence-corrected chi connectivity index (χ1v) is 9.25. The lowest BCUT2D eigenvalue weighted by Crippen LogP contribution is -2.19. The van der Waals surface area contributed by atoms with E-state index in [0.717, 1.165) is 15.4 Å². The Hall–Kier alpha value is -2.64. The van der Waals surface area contributed by atoms with Crippen molar-refractivity contribution in [3.8, 4) is 12.1 Å². The molecule has 0 bridgehead atoms. The van der Waals surface area contributed by atoms with Gasteiger partial charge in [0.25, 0.3) is 0 Å². The van der Waals surface area contributed by atoms with Gasteiger partial charge in [-0.2, -0.15) is 10.5 Å². The van der Waals surface area contributed by atoms with E-state index in [1.54, 1.807) is 46.9 Å². The number of benzene rings is 1. The molecule has 0 amide bonds. The molecule has 0 atom stereocenters. The molecular formula is C19H15N3OS2. The van der Waals surface area contributed by atoms with Crippen LogP contribution in [0.5, 0.6) is 0 Å². The number of rotatable bonds is 5. The number of nitriles is 2. The Morgan fingerprint density at radius 1 is 1.16 bits per heavy atom. The van der Waals surface area contributed by atoms with Crippen molar-refractivity contribution in [2.24, 2.45) is 0 Å². The molecule has 3 rings (SSSR count). The Morgan fingerprint density at radius 2 is 1.88 bits per heavy atom. The largest absolute Gasteiger partial charge is 0.395 e. The number of likely N-dealkylation sites (N-methyl/N-ethyl adjacent to an activating group) is 1. The zero-order chi connectivity index (χ0) is 17.8. The second kappa shape index (κ2) is 7.50. The van der Waals surface area contributed by atoms with E-state index in [0.29, 0.717) is 17.7 Å². The third-order valence-electron chi connectivity index (χ3n) is 3.76. The van der Waals surface area contributed by atoms with Crippen molar-refractivity contribution in [3.05, 3.63) is 52.4 Å². The van der Waals surface area contributed by atoms with Gasteiger partial charge in [-0.25, -0.2) is 0 Å². The predicted molar refractivity (Wildman–Crippen MR) is 105 cm³/mol. The highest BCUT2D eigenvalue weighted by molar-refractivity contribution is 7.30. The molecule has 2 heterocycles. The maximum Gasteiger partial charge on any atom is 0.0998 e. The number of nitrogens with zero attached hydrogens (tertiary/aromatic N) is 3. The Bertz CT molecular complexity index is 969. The summed E-state index contributed by atoms with van der Waals surface area (Å²) in [7, 11) is 1.96. The van der Waals surface area contributed by atoms with Crippen LogP contribution in [-0.2, 0) is 0 Å². The van der Waals surface area contributed by atoms with E-state index in [2.05, 4.69) is 24.3 Å². The molecular weight excluding hydrogens is 350 g/mol. The van der Waals surface area contributed by atoms with Crippen molar-refractivity contribution in [1.82, 2.24) is 0 Å². The second-order valence-electron chi connectivity index (χ2n) is 5.47. The van der Waals surface area contributed by atoms with Crippen molar-refractivity contribution in [3.63, 3.8) is 0 Å². The molecule has 0 spiro atoms. The van der Waals surface area contributed by atoms with E-state index < -0.39 is 0 Å². The maximum absolute atomic E-state index is 9.46. The maximum atomic E-state index is 9.46. The highest BCUT2D eigenvalue weighted by atomic mass is 32.1. The van der Waals surface area contributed by atoms with E-state index >= 15 is 0 Å². The standard InChI is InChI=1S/C19H15N3OS2/c1-22(6-7-23)19-10-18-17(25-19)9-16(24-18)8-15(12-21)14-4-2-13(11-20)3-5-14/h2-5,8-10,23H,6-7H2,1H3/b15-8+. The number of hydrogen-bond acceptors (Lipinski definition) is 6. The number of aliphatic hydroxyl groups excluding tert-OH is 1. The van der Waals surface area contributed by atoms with E-state index in [9.17, 15) is 5.26 Å². The van der Waals surface area contributed by atoms with Crippen molar-refractivity contribution in [2.45, 2.75) is 0 Å². The van der Waals surface area contributed by atoms with E-state index in [1.807, 2.05) is 18.0 Å². The Morgan fingerprint density at radius 3 is 2.48 bits per heavy atom. The van der Waals surface area contributed by atoms with Crippen LogP contribution >= 0.6 is 22.7 Å². The average molecular weight is 365 g/mol. The lowest BCUT2D eigenvalue weighted by atomic mass is 10.0. The first-order chi connectivity index (χ1) is 12.1. The van der Waals surface area contributed by atoms with Crippen LogP contribution in [0, 0.1) is 22.7 Å². The summed E-state index contributed by atoms with van der Waals surface area (Å²) in [6.07, 6.45) is 1.88. The topological polar surface area (TPSA) is 71.0 Å². The van der Waals surface area contributed by atoms with Gasteiger partial charge in [-0.1, -0.05) is 12.1 Å². The number of fused-ring (bicyclic) bond motifs is 1. The van der Waals surface area contributed by atoms with Crippen LogP contribution in [0.15, 0.2) is 36.4 Å². The number of aliphatic hydroxyl groups is 1. The molecule has 0 aliphatic heterocycles. The van der Waals surface area contributed by atoms with Gasteiger partial charge in [0.1, 0.15) is 0 Å². The van der Waals surface area contributed by atoms with Crippen LogP contribution in [-0.4, -0.2) is 25.3 Å². The minimum absolute atomic E-state index is 0.131. The lowest BCUT2D eigenvalue weighted by molar-refractivity contribution is 0.304. The minimum Gasteiger partial charge on any atom is -0.395 e. The van der Waals surface area contributed by atoms with Crippen LogP contribution in [0.1, 0.15) is 16.0 Å². The lowest BCUT2D eigenvalue weighted by Gasteiger charge is -2.14. The van der Waals surface area contributed by atoms with Crippen LogP contribution in [0.2, 0.25) is 0 Å². The zero-order valence-electron chi connectivity index (χ0n) is 13.6. The molecule has 0 saturated heterocycles. The minimum atomic E-state index is 0.131. The molecule has 1 N–H and O–H groups in total. The molecule has 0 saturated carbocycles. The summed E-state index contributed by atoms with van der Waals surface area (Å²) in [5.74, 6) is 0. The summed E-state index contributed by atoms with van der Waals surface area (Å²) in [4.78, 5) is 3.06. The van der Waals surface area contributed by atoms with E-state index in [-0.39, 0.29) is 6.61 Å². The molecule has 0 unspecified atom stereocenters. The molecule has 0 fully saturated rings. The van der Waals surface area contributed by atoms with E-state index in [1.165, 1.54) is 9.40 Å². The first-order valence-electron chi connectivity index (χ1n) is 7.62. The average Bonchev–Trinajstić information content (AvgIpc) is 3.18. The third kappa shape index (κ3) is 3.72. The molecule has 0 aliphatic rings. The molecule has 2 aromatic heterocycles. The smallest absolute Gasteiger partial charge is 0.0998 e. The van der Waals surface area contributed by atoms with Gasteiger partial charge in [0.2, 0.25) is 0 Å². The molecule has 0 aliphatic carbocycles. The quantitative estimate of drug-likeness (QED) is 0.683. The zero-order valence-corrected chi connectivity index (χ0v) is 15.2. The molecule has 4 nitrogen and oxygen atoms in total. The SMILES string of the molecule is CN(CCO)c1cc2sc(/C=C(\C#N)c3ccc(C#N)cc3)cc2s1. The van der Waals surface area contributed by atoms with Crippen molar-refractivity contribution in [1.29, 1.82) is 10.5 Å². The fraction of sp³-hybridized carbons (Fsp3) is 0.158. The van der Waals surface area contributed by atoms with Gasteiger partial charge in [0.15, 0.2) is 0 Å². The predicted octanol–water partition coefficient (Wildman–Crippen LogP) is 4.33. The van der Waals surface area contributed by atoms with Gasteiger partial charge in [-0.05, 0) is 35.9 Å². The summed E-state index contributed by atoms with van der Waals surface area (Å²) in [5, 5.41) is 28.5. The van der Waals surface area contributed by atoms with Gasteiger partial charge >= 0.3 is 0 Å². The van der Waals surface area contributed by atoms with Crippen molar-refractivity contribution < 1.29 is 5.11 Å². The molecule has 1 aromatic carbocycles. The number of thiophene rings is 2. The summed E-state index contributed by atoms with van der Waals surface area (Å²) in [5.41, 5.74) is 1.97. The first kappa shape index (κ1) is 17.2. The van der Waals surface area contributed by atoms with Crippen LogP contribution in [0.4, 0.5) is 5.00 Å². The fourth-order valence-corrected chi connectivity index (χ4v) is 4.74. The highest BCUT2D eigenvalue weighted by Crippen LogP contribution is 2.38. The molecule has 0 radical (unpaired) electrons. The van der Waals surface area contributed by atoms with Gasteiger partial charge in [0.05, 0.1) is 34.9 Å². The van der Waals surface area contributed by atoms with Gasteiger partial charge in [0, 0.05) is 27.9 Å². The van der Waals surface area contributed by atoms with Crippen molar-refractivity contribution >= 4 is 48.7 Å². The summed E-state index contributed by atoms with van der Waals surface area (Å²) in [6, 6.07) is 15.6. The van der Waals surface area contributed by atoms with Crippen LogP contribution in [0.3, 0.4) is 0 Å².